The Morgan fingerprint density at radius 3 is 2.85 bits per heavy atom. The highest BCUT2D eigenvalue weighted by Crippen LogP contribution is 2.35. The van der Waals surface area contributed by atoms with E-state index in [0.29, 0.717) is 12.4 Å². The smallest absolute Gasteiger partial charge is 0.126 e. The average Bonchev–Trinajstić information content (AvgIpc) is 2.81. The summed E-state index contributed by atoms with van der Waals surface area (Å²) in [6.45, 7) is 5.76. The summed E-state index contributed by atoms with van der Waals surface area (Å²) in [7, 11) is 0. The molecular formula is C17H26O3. The van der Waals surface area contributed by atoms with E-state index in [1.807, 2.05) is 12.1 Å². The van der Waals surface area contributed by atoms with Gasteiger partial charge in [0, 0.05) is 18.6 Å². The summed E-state index contributed by atoms with van der Waals surface area (Å²) >= 11 is 0. The van der Waals surface area contributed by atoms with Crippen LogP contribution in [0.5, 0.6) is 11.5 Å². The minimum absolute atomic E-state index is 0.0999. The number of hydrogen-bond donors (Lipinski definition) is 1. The van der Waals surface area contributed by atoms with Crippen molar-refractivity contribution in [2.45, 2.75) is 58.5 Å². The van der Waals surface area contributed by atoms with E-state index in [2.05, 4.69) is 13.8 Å². The van der Waals surface area contributed by atoms with Crippen LogP contribution in [-0.4, -0.2) is 24.4 Å². The first-order valence-corrected chi connectivity index (χ1v) is 7.83. The van der Waals surface area contributed by atoms with Crippen LogP contribution in [0.25, 0.3) is 0 Å². The Morgan fingerprint density at radius 2 is 2.10 bits per heavy atom. The van der Waals surface area contributed by atoms with Crippen LogP contribution in [0, 0.1) is 0 Å². The molecule has 1 aromatic rings. The fourth-order valence-corrected chi connectivity index (χ4v) is 2.62. The number of hydrogen-bond acceptors (Lipinski definition) is 3. The summed E-state index contributed by atoms with van der Waals surface area (Å²) in [5.41, 5.74) is 2.08. The third-order valence-electron chi connectivity index (χ3n) is 3.72. The highest BCUT2D eigenvalue weighted by atomic mass is 16.5. The molecule has 0 spiro atoms. The molecule has 0 saturated carbocycles. The summed E-state index contributed by atoms with van der Waals surface area (Å²) in [4.78, 5) is 0. The number of aryl methyl sites for hydroxylation is 1. The molecule has 1 N–H and O–H groups in total. The zero-order valence-corrected chi connectivity index (χ0v) is 12.7. The van der Waals surface area contributed by atoms with Crippen molar-refractivity contribution in [1.82, 2.24) is 0 Å². The molecule has 0 amide bonds. The Kier molecular flexibility index (Phi) is 5.72. The molecule has 0 bridgehead atoms. The number of benzene rings is 1. The number of rotatable bonds is 8. The normalized spacial score (nSPS) is 17.0. The lowest BCUT2D eigenvalue weighted by atomic mass is 10.0. The molecule has 112 valence electrons. The summed E-state index contributed by atoms with van der Waals surface area (Å²) in [5.74, 6) is 1.33. The van der Waals surface area contributed by atoms with Crippen LogP contribution in [0.15, 0.2) is 12.1 Å². The first-order valence-electron chi connectivity index (χ1n) is 7.83. The number of aromatic hydroxyl groups is 1. The van der Waals surface area contributed by atoms with E-state index >= 15 is 0 Å². The van der Waals surface area contributed by atoms with Crippen LogP contribution in [0.4, 0.5) is 0 Å². The lowest BCUT2D eigenvalue weighted by molar-refractivity contribution is 0.0586. The minimum Gasteiger partial charge on any atom is -0.508 e. The average molecular weight is 278 g/mol. The predicted molar refractivity (Wildman–Crippen MR) is 80.6 cm³/mol. The van der Waals surface area contributed by atoms with Crippen molar-refractivity contribution >= 4 is 0 Å². The third-order valence-corrected chi connectivity index (χ3v) is 3.72. The predicted octanol–water partition coefficient (Wildman–Crippen LogP) is 3.86. The standard InChI is InChI=1S/C17H26O3/c1-3-5-6-8-19-12-15-9-14-10-16(18)13(7-4-2)11-17(14)20-15/h10-11,15,18H,3-9,12H2,1-2H3. The van der Waals surface area contributed by atoms with Crippen molar-refractivity contribution in [3.8, 4) is 11.5 Å². The van der Waals surface area contributed by atoms with Crippen molar-refractivity contribution in [2.24, 2.45) is 0 Å². The Bertz CT molecular complexity index is 428. The highest BCUT2D eigenvalue weighted by molar-refractivity contribution is 5.48. The van der Waals surface area contributed by atoms with Gasteiger partial charge in [0.25, 0.3) is 0 Å². The molecule has 3 heteroatoms. The summed E-state index contributed by atoms with van der Waals surface area (Å²) in [5, 5.41) is 9.98. The Hall–Kier alpha value is -1.22. The molecule has 1 aliphatic heterocycles. The lowest BCUT2D eigenvalue weighted by Crippen LogP contribution is -2.20. The van der Waals surface area contributed by atoms with Gasteiger partial charge in [0.2, 0.25) is 0 Å². The summed E-state index contributed by atoms with van der Waals surface area (Å²) in [6, 6.07) is 3.85. The van der Waals surface area contributed by atoms with Gasteiger partial charge >= 0.3 is 0 Å². The molecule has 0 radical (unpaired) electrons. The van der Waals surface area contributed by atoms with Crippen molar-refractivity contribution in [2.75, 3.05) is 13.2 Å². The largest absolute Gasteiger partial charge is 0.508 e. The van der Waals surface area contributed by atoms with Crippen LogP contribution >= 0.6 is 0 Å². The summed E-state index contributed by atoms with van der Waals surface area (Å²) in [6.07, 6.45) is 6.41. The molecule has 2 rings (SSSR count). The minimum atomic E-state index is 0.0999. The molecule has 0 fully saturated rings. The molecule has 0 saturated heterocycles. The first kappa shape index (κ1) is 15.2. The first-order chi connectivity index (χ1) is 9.74. The molecule has 1 atom stereocenters. The van der Waals surface area contributed by atoms with Gasteiger partial charge in [-0.15, -0.1) is 0 Å². The van der Waals surface area contributed by atoms with E-state index in [-0.39, 0.29) is 6.10 Å². The second-order valence-corrected chi connectivity index (χ2v) is 5.56. The van der Waals surface area contributed by atoms with Crippen molar-refractivity contribution in [3.63, 3.8) is 0 Å². The molecule has 1 aliphatic rings. The number of phenolic OH excluding ortho intramolecular Hbond substituents is 1. The number of ether oxygens (including phenoxy) is 2. The Labute approximate surface area is 121 Å². The van der Waals surface area contributed by atoms with Gasteiger partial charge in [0.15, 0.2) is 0 Å². The van der Waals surface area contributed by atoms with Crippen molar-refractivity contribution in [1.29, 1.82) is 0 Å². The second kappa shape index (κ2) is 7.53. The van der Waals surface area contributed by atoms with Crippen LogP contribution < -0.4 is 4.74 Å². The molecule has 0 aromatic heterocycles. The Balaban J connectivity index is 1.84. The fourth-order valence-electron chi connectivity index (χ4n) is 2.62. The van der Waals surface area contributed by atoms with Crippen molar-refractivity contribution < 1.29 is 14.6 Å². The fraction of sp³-hybridized carbons (Fsp3) is 0.647. The maximum atomic E-state index is 9.98. The van der Waals surface area contributed by atoms with Gasteiger partial charge in [-0.2, -0.15) is 0 Å². The van der Waals surface area contributed by atoms with E-state index in [1.54, 1.807) is 0 Å². The van der Waals surface area contributed by atoms with Gasteiger partial charge in [0.05, 0.1) is 6.61 Å². The summed E-state index contributed by atoms with van der Waals surface area (Å²) < 4.78 is 11.6. The number of phenols is 1. The highest BCUT2D eigenvalue weighted by Gasteiger charge is 2.24. The molecule has 20 heavy (non-hydrogen) atoms. The molecule has 0 aliphatic carbocycles. The van der Waals surface area contributed by atoms with E-state index in [9.17, 15) is 5.11 Å². The van der Waals surface area contributed by atoms with Gasteiger partial charge in [-0.1, -0.05) is 33.1 Å². The van der Waals surface area contributed by atoms with E-state index in [1.165, 1.54) is 12.8 Å². The van der Waals surface area contributed by atoms with Crippen LogP contribution in [0.1, 0.15) is 50.7 Å². The molecule has 1 aromatic carbocycles. The van der Waals surface area contributed by atoms with E-state index < -0.39 is 0 Å². The third kappa shape index (κ3) is 3.89. The van der Waals surface area contributed by atoms with Crippen molar-refractivity contribution in [3.05, 3.63) is 23.3 Å². The van der Waals surface area contributed by atoms with Crippen LogP contribution in [0.2, 0.25) is 0 Å². The monoisotopic (exact) mass is 278 g/mol. The SMILES string of the molecule is CCCCCOCC1Cc2cc(O)c(CCC)cc2O1. The van der Waals surface area contributed by atoms with Gasteiger partial charge in [-0.05, 0) is 30.5 Å². The zero-order chi connectivity index (χ0) is 14.4. The molecule has 1 unspecified atom stereocenters. The van der Waals surface area contributed by atoms with E-state index in [4.69, 9.17) is 9.47 Å². The molecule has 1 heterocycles. The number of fused-ring (bicyclic) bond motifs is 1. The van der Waals surface area contributed by atoms with Gasteiger partial charge < -0.3 is 14.6 Å². The Morgan fingerprint density at radius 1 is 1.25 bits per heavy atom. The zero-order valence-electron chi connectivity index (χ0n) is 12.7. The maximum Gasteiger partial charge on any atom is 0.126 e. The second-order valence-electron chi connectivity index (χ2n) is 5.56. The molecule has 3 nitrogen and oxygen atoms in total. The molecular weight excluding hydrogens is 252 g/mol. The van der Waals surface area contributed by atoms with Gasteiger partial charge in [0.1, 0.15) is 17.6 Å². The maximum absolute atomic E-state index is 9.98. The lowest BCUT2D eigenvalue weighted by Gasteiger charge is -2.11. The van der Waals surface area contributed by atoms with Crippen LogP contribution in [-0.2, 0) is 17.6 Å². The quantitative estimate of drug-likeness (QED) is 0.734. The van der Waals surface area contributed by atoms with Crippen LogP contribution in [0.3, 0.4) is 0 Å². The number of unbranched alkanes of at least 4 members (excludes halogenated alkanes) is 2. The van der Waals surface area contributed by atoms with Gasteiger partial charge in [-0.25, -0.2) is 0 Å². The van der Waals surface area contributed by atoms with Gasteiger partial charge in [-0.3, -0.25) is 0 Å². The van der Waals surface area contributed by atoms with E-state index in [0.717, 1.165) is 49.2 Å². The topological polar surface area (TPSA) is 38.7 Å².